The fourth-order valence-corrected chi connectivity index (χ4v) is 0.851. The first kappa shape index (κ1) is 10.2. The summed E-state index contributed by atoms with van der Waals surface area (Å²) in [6, 6.07) is 0. The third-order valence-electron chi connectivity index (χ3n) is 1.60. The van der Waals surface area contributed by atoms with Crippen molar-refractivity contribution < 1.29 is 4.79 Å². The Morgan fingerprint density at radius 1 is 1.71 bits per heavy atom. The zero-order chi connectivity index (χ0) is 10.6. The normalized spacial score (nSPS) is 9.79. The molecule has 0 radical (unpaired) electrons. The van der Waals surface area contributed by atoms with Gasteiger partial charge in [-0.3, -0.25) is 14.6 Å². The first-order valence-electron chi connectivity index (χ1n) is 4.17. The second-order valence-corrected chi connectivity index (χ2v) is 2.90. The van der Waals surface area contributed by atoms with Gasteiger partial charge in [0.15, 0.2) is 0 Å². The van der Waals surface area contributed by atoms with Crippen LogP contribution in [0, 0.1) is 0 Å². The van der Waals surface area contributed by atoms with Gasteiger partial charge in [-0.1, -0.05) is 0 Å². The Kier molecular flexibility index (Phi) is 3.22. The summed E-state index contributed by atoms with van der Waals surface area (Å²) in [6.07, 6.45) is 1.67. The smallest absolute Gasteiger partial charge is 0.275 e. The number of rotatable bonds is 4. The van der Waals surface area contributed by atoms with Gasteiger partial charge >= 0.3 is 0 Å². The number of aromatic nitrogens is 2. The summed E-state index contributed by atoms with van der Waals surface area (Å²) < 4.78 is 0. The average Bonchev–Trinajstić information content (AvgIpc) is 2.10. The van der Waals surface area contributed by atoms with Gasteiger partial charge in [0.2, 0.25) is 5.95 Å². The Morgan fingerprint density at radius 2 is 2.43 bits per heavy atom. The summed E-state index contributed by atoms with van der Waals surface area (Å²) in [5.41, 5.74) is 4.96. The molecule has 1 rings (SSSR count). The van der Waals surface area contributed by atoms with Gasteiger partial charge < -0.3 is 11.1 Å². The maximum absolute atomic E-state index is 11.0. The van der Waals surface area contributed by atoms with E-state index in [0.717, 1.165) is 0 Å². The largest absolute Gasteiger partial charge is 0.393 e. The molecule has 14 heavy (non-hydrogen) atoms. The maximum atomic E-state index is 11.0. The van der Waals surface area contributed by atoms with Crippen LogP contribution >= 0.6 is 0 Å². The van der Waals surface area contributed by atoms with Crippen molar-refractivity contribution in [1.29, 1.82) is 0 Å². The predicted molar refractivity (Wildman–Crippen MR) is 53.1 cm³/mol. The molecular formula is C8H12N4O2. The molecule has 6 heteroatoms. The minimum atomic E-state index is -0.384. The minimum Gasteiger partial charge on any atom is -0.393 e. The number of H-pyrrole nitrogens is 1. The van der Waals surface area contributed by atoms with E-state index in [4.69, 9.17) is 5.73 Å². The summed E-state index contributed by atoms with van der Waals surface area (Å²) in [5.74, 6) is 0.403. The van der Waals surface area contributed by atoms with Crippen LogP contribution in [0.5, 0.6) is 0 Å². The minimum absolute atomic E-state index is 0.0714. The molecule has 0 saturated carbocycles. The lowest BCUT2D eigenvalue weighted by Gasteiger charge is -2.02. The molecule has 0 aromatic carbocycles. The number of anilines is 2. The van der Waals surface area contributed by atoms with E-state index in [0.29, 0.717) is 18.9 Å². The zero-order valence-corrected chi connectivity index (χ0v) is 7.83. The van der Waals surface area contributed by atoms with Gasteiger partial charge in [-0.25, -0.2) is 4.98 Å². The third-order valence-corrected chi connectivity index (χ3v) is 1.60. The van der Waals surface area contributed by atoms with Crippen molar-refractivity contribution in [3.63, 3.8) is 0 Å². The number of carbonyl (C=O) groups is 1. The number of nitrogens with zero attached hydrogens (tertiary/aromatic N) is 1. The van der Waals surface area contributed by atoms with Crippen LogP contribution in [0.3, 0.4) is 0 Å². The highest BCUT2D eigenvalue weighted by Crippen LogP contribution is 1.95. The number of hydrogen-bond donors (Lipinski definition) is 3. The fraction of sp³-hybridized carbons (Fsp3) is 0.375. The molecule has 0 aliphatic heterocycles. The quantitative estimate of drug-likeness (QED) is 0.616. The second kappa shape index (κ2) is 4.40. The number of nitrogens with one attached hydrogen (secondary N) is 2. The summed E-state index contributed by atoms with van der Waals surface area (Å²) in [6.45, 7) is 1.95. The number of ketones is 1. The predicted octanol–water partition coefficient (Wildman–Crippen LogP) is -0.257. The van der Waals surface area contributed by atoms with Gasteiger partial charge in [0.25, 0.3) is 5.56 Å². The van der Waals surface area contributed by atoms with E-state index in [2.05, 4.69) is 15.3 Å². The third kappa shape index (κ3) is 2.89. The van der Waals surface area contributed by atoms with Crippen LogP contribution < -0.4 is 16.6 Å². The molecule has 1 heterocycles. The lowest BCUT2D eigenvalue weighted by atomic mass is 10.3. The molecular weight excluding hydrogens is 184 g/mol. The summed E-state index contributed by atoms with van der Waals surface area (Å²) in [7, 11) is 0. The highest BCUT2D eigenvalue weighted by Gasteiger charge is 1.98. The number of nitrogens with two attached hydrogens (primary N) is 1. The molecule has 1 aromatic rings. The lowest BCUT2D eigenvalue weighted by molar-refractivity contribution is -0.116. The molecule has 0 atom stereocenters. The topological polar surface area (TPSA) is 101 Å². The first-order chi connectivity index (χ1) is 6.59. The average molecular weight is 196 g/mol. The van der Waals surface area contributed by atoms with Gasteiger partial charge in [-0.15, -0.1) is 0 Å². The van der Waals surface area contributed by atoms with E-state index >= 15 is 0 Å². The van der Waals surface area contributed by atoms with E-state index in [1.165, 1.54) is 13.1 Å². The number of nitrogen functional groups attached to an aromatic ring is 1. The van der Waals surface area contributed by atoms with Gasteiger partial charge in [0, 0.05) is 13.0 Å². The van der Waals surface area contributed by atoms with E-state index in [1.54, 1.807) is 0 Å². The monoisotopic (exact) mass is 196 g/mol. The van der Waals surface area contributed by atoms with Gasteiger partial charge in [-0.2, -0.15) is 0 Å². The Hall–Kier alpha value is -1.85. The number of Topliss-reactive ketones (excluding diaryl/α,β-unsaturated/α-hetero) is 1. The maximum Gasteiger partial charge on any atom is 0.275 e. The summed E-state index contributed by atoms with van der Waals surface area (Å²) in [5, 5.41) is 2.80. The molecule has 0 aliphatic carbocycles. The molecule has 0 aliphatic rings. The number of carbonyl (C=O) groups excluding carboxylic acids is 1. The van der Waals surface area contributed by atoms with Crippen molar-refractivity contribution in [3.05, 3.63) is 16.6 Å². The standard InChI is InChI=1S/C8H12N4O2/c1-5(13)2-3-10-8-11-4-6(9)7(14)12-8/h4H,2-3,9H2,1H3,(H2,10,11,12,14). The molecule has 0 saturated heterocycles. The van der Waals surface area contributed by atoms with Crippen molar-refractivity contribution in [2.24, 2.45) is 0 Å². The SMILES string of the molecule is CC(=O)CCNc1ncc(N)c(=O)[nH]1. The summed E-state index contributed by atoms with van der Waals surface area (Å²) >= 11 is 0. The van der Waals surface area contributed by atoms with Crippen molar-refractivity contribution in [2.75, 3.05) is 17.6 Å². The highest BCUT2D eigenvalue weighted by atomic mass is 16.1. The van der Waals surface area contributed by atoms with E-state index < -0.39 is 0 Å². The second-order valence-electron chi connectivity index (χ2n) is 2.90. The van der Waals surface area contributed by atoms with Crippen LogP contribution in [0.1, 0.15) is 13.3 Å². The Labute approximate surface area is 80.5 Å². The van der Waals surface area contributed by atoms with Crippen LogP contribution in [0.15, 0.2) is 11.0 Å². The van der Waals surface area contributed by atoms with Gasteiger partial charge in [-0.05, 0) is 6.92 Å². The molecule has 0 bridgehead atoms. The van der Waals surface area contributed by atoms with E-state index in [1.807, 2.05) is 0 Å². The molecule has 76 valence electrons. The van der Waals surface area contributed by atoms with Gasteiger partial charge in [0.05, 0.1) is 6.20 Å². The molecule has 0 fully saturated rings. The van der Waals surface area contributed by atoms with E-state index in [9.17, 15) is 9.59 Å². The van der Waals surface area contributed by atoms with E-state index in [-0.39, 0.29) is 17.0 Å². The number of hydrogen-bond acceptors (Lipinski definition) is 5. The van der Waals surface area contributed by atoms with Crippen LogP contribution in [-0.4, -0.2) is 22.3 Å². The molecule has 0 unspecified atom stereocenters. The highest BCUT2D eigenvalue weighted by molar-refractivity contribution is 5.75. The molecule has 1 aromatic heterocycles. The Bertz CT molecular complexity index is 385. The lowest BCUT2D eigenvalue weighted by Crippen LogP contribution is -2.16. The van der Waals surface area contributed by atoms with Crippen molar-refractivity contribution >= 4 is 17.4 Å². The van der Waals surface area contributed by atoms with Crippen LogP contribution in [-0.2, 0) is 4.79 Å². The molecule has 0 spiro atoms. The van der Waals surface area contributed by atoms with Crippen molar-refractivity contribution in [2.45, 2.75) is 13.3 Å². The molecule has 0 amide bonds. The zero-order valence-electron chi connectivity index (χ0n) is 7.83. The van der Waals surface area contributed by atoms with Crippen molar-refractivity contribution in [1.82, 2.24) is 9.97 Å². The summed E-state index contributed by atoms with van der Waals surface area (Å²) in [4.78, 5) is 27.9. The van der Waals surface area contributed by atoms with Gasteiger partial charge in [0.1, 0.15) is 11.5 Å². The van der Waals surface area contributed by atoms with Crippen LogP contribution in [0.2, 0.25) is 0 Å². The van der Waals surface area contributed by atoms with Crippen LogP contribution in [0.25, 0.3) is 0 Å². The first-order valence-corrected chi connectivity index (χ1v) is 4.17. The Morgan fingerprint density at radius 3 is 3.00 bits per heavy atom. The Balaban J connectivity index is 2.56. The molecule has 6 nitrogen and oxygen atoms in total. The number of aromatic amines is 1. The fourth-order valence-electron chi connectivity index (χ4n) is 0.851. The molecule has 4 N–H and O–H groups in total. The van der Waals surface area contributed by atoms with Crippen molar-refractivity contribution in [3.8, 4) is 0 Å². The van der Waals surface area contributed by atoms with Crippen LogP contribution in [0.4, 0.5) is 11.6 Å².